The van der Waals surface area contributed by atoms with Gasteiger partial charge in [-0.2, -0.15) is 12.7 Å². The standard InChI is InChI=1S/C11H15FN4O3S/c12-9-7-8(1-2-10(9)13)11(17)15-3-5-16(6-4-15)20(14,18)19/h1-2,7H,3-6,13H2,(H2,14,18,19). The van der Waals surface area contributed by atoms with Gasteiger partial charge in [-0.05, 0) is 18.2 Å². The molecule has 1 aromatic rings. The number of carbonyl (C=O) groups is 1. The van der Waals surface area contributed by atoms with Gasteiger partial charge in [0.25, 0.3) is 16.1 Å². The molecule has 110 valence electrons. The molecule has 20 heavy (non-hydrogen) atoms. The van der Waals surface area contributed by atoms with Gasteiger partial charge in [-0.15, -0.1) is 0 Å². The van der Waals surface area contributed by atoms with E-state index in [1.165, 1.54) is 17.0 Å². The van der Waals surface area contributed by atoms with Crippen molar-refractivity contribution >= 4 is 21.8 Å². The molecule has 1 fully saturated rings. The number of benzene rings is 1. The van der Waals surface area contributed by atoms with Crippen LogP contribution in [0.25, 0.3) is 0 Å². The monoisotopic (exact) mass is 302 g/mol. The summed E-state index contributed by atoms with van der Waals surface area (Å²) in [4.78, 5) is 13.6. The normalized spacial score (nSPS) is 17.2. The summed E-state index contributed by atoms with van der Waals surface area (Å²) in [5.41, 5.74) is 5.50. The van der Waals surface area contributed by atoms with Gasteiger partial charge in [0.15, 0.2) is 0 Å². The summed E-state index contributed by atoms with van der Waals surface area (Å²) in [6.07, 6.45) is 0. The average molecular weight is 302 g/mol. The number of nitrogen functional groups attached to an aromatic ring is 1. The van der Waals surface area contributed by atoms with E-state index in [1.807, 2.05) is 0 Å². The minimum Gasteiger partial charge on any atom is -0.396 e. The number of piperazine rings is 1. The second kappa shape index (κ2) is 5.35. The van der Waals surface area contributed by atoms with E-state index in [0.717, 1.165) is 10.4 Å². The lowest BCUT2D eigenvalue weighted by Gasteiger charge is -2.33. The van der Waals surface area contributed by atoms with Crippen LogP contribution in [-0.4, -0.2) is 49.7 Å². The van der Waals surface area contributed by atoms with Gasteiger partial charge in [0.05, 0.1) is 5.69 Å². The predicted molar refractivity (Wildman–Crippen MR) is 71.4 cm³/mol. The Kier molecular flexibility index (Phi) is 3.93. The SMILES string of the molecule is Nc1ccc(C(=O)N2CCN(S(N)(=O)=O)CC2)cc1F. The van der Waals surface area contributed by atoms with Crippen molar-refractivity contribution in [2.24, 2.45) is 5.14 Å². The molecule has 4 N–H and O–H groups in total. The van der Waals surface area contributed by atoms with Crippen LogP contribution in [0.1, 0.15) is 10.4 Å². The highest BCUT2D eigenvalue weighted by Crippen LogP contribution is 2.15. The number of anilines is 1. The third kappa shape index (κ3) is 3.06. The Morgan fingerprint density at radius 3 is 2.30 bits per heavy atom. The van der Waals surface area contributed by atoms with Crippen LogP contribution < -0.4 is 10.9 Å². The largest absolute Gasteiger partial charge is 0.396 e. The summed E-state index contributed by atoms with van der Waals surface area (Å²) in [5.74, 6) is -1.02. The molecule has 0 aliphatic carbocycles. The number of nitrogens with two attached hydrogens (primary N) is 2. The summed E-state index contributed by atoms with van der Waals surface area (Å²) in [6.45, 7) is 0.673. The molecule has 1 saturated heterocycles. The lowest BCUT2D eigenvalue weighted by molar-refractivity contribution is 0.0697. The Hall–Kier alpha value is -1.71. The molecule has 7 nitrogen and oxygen atoms in total. The molecule has 1 amide bonds. The van der Waals surface area contributed by atoms with Crippen LogP contribution in [0.4, 0.5) is 10.1 Å². The van der Waals surface area contributed by atoms with E-state index in [1.54, 1.807) is 0 Å². The van der Waals surface area contributed by atoms with Crippen molar-refractivity contribution in [1.82, 2.24) is 9.21 Å². The first kappa shape index (κ1) is 14.7. The molecule has 1 aliphatic rings. The van der Waals surface area contributed by atoms with Gasteiger partial charge >= 0.3 is 0 Å². The maximum Gasteiger partial charge on any atom is 0.277 e. The second-order valence-electron chi connectivity index (χ2n) is 4.47. The maximum atomic E-state index is 13.3. The number of amides is 1. The Balaban J connectivity index is 2.07. The van der Waals surface area contributed by atoms with Gasteiger partial charge in [-0.1, -0.05) is 0 Å². The van der Waals surface area contributed by atoms with Crippen LogP contribution in [0.5, 0.6) is 0 Å². The quantitative estimate of drug-likeness (QED) is 0.709. The van der Waals surface area contributed by atoms with Gasteiger partial charge in [-0.25, -0.2) is 9.53 Å². The number of rotatable bonds is 2. The minimum atomic E-state index is -3.73. The van der Waals surface area contributed by atoms with Gasteiger partial charge in [0.2, 0.25) is 0 Å². The lowest BCUT2D eigenvalue weighted by Crippen LogP contribution is -2.52. The summed E-state index contributed by atoms with van der Waals surface area (Å²) in [7, 11) is -3.73. The first-order valence-corrected chi connectivity index (χ1v) is 7.41. The molecular weight excluding hydrogens is 287 g/mol. The average Bonchev–Trinajstić information content (AvgIpc) is 2.40. The molecule has 2 rings (SSSR count). The van der Waals surface area contributed by atoms with Gasteiger partial charge in [-0.3, -0.25) is 4.79 Å². The highest BCUT2D eigenvalue weighted by Gasteiger charge is 2.27. The first-order valence-electron chi connectivity index (χ1n) is 5.91. The summed E-state index contributed by atoms with van der Waals surface area (Å²) < 4.78 is 36.7. The van der Waals surface area contributed by atoms with E-state index >= 15 is 0 Å². The smallest absolute Gasteiger partial charge is 0.277 e. The zero-order chi connectivity index (χ0) is 14.9. The predicted octanol–water partition coefficient (Wildman–Crippen LogP) is -0.631. The molecule has 1 heterocycles. The van der Waals surface area contributed by atoms with Crippen molar-refractivity contribution in [3.05, 3.63) is 29.6 Å². The molecule has 0 aromatic heterocycles. The zero-order valence-corrected chi connectivity index (χ0v) is 11.4. The van der Waals surface area contributed by atoms with Gasteiger partial charge in [0, 0.05) is 31.7 Å². The van der Waals surface area contributed by atoms with Crippen LogP contribution in [-0.2, 0) is 10.2 Å². The van der Waals surface area contributed by atoms with E-state index in [9.17, 15) is 17.6 Å². The summed E-state index contributed by atoms with van der Waals surface area (Å²) >= 11 is 0. The van der Waals surface area contributed by atoms with Crippen molar-refractivity contribution in [2.75, 3.05) is 31.9 Å². The number of halogens is 1. The van der Waals surface area contributed by atoms with Crippen molar-refractivity contribution < 1.29 is 17.6 Å². The molecule has 1 aliphatic heterocycles. The molecule has 0 saturated carbocycles. The van der Waals surface area contributed by atoms with E-state index in [-0.39, 0.29) is 43.3 Å². The van der Waals surface area contributed by atoms with Crippen molar-refractivity contribution in [1.29, 1.82) is 0 Å². The van der Waals surface area contributed by atoms with Crippen LogP contribution in [0.2, 0.25) is 0 Å². The van der Waals surface area contributed by atoms with Gasteiger partial charge < -0.3 is 10.6 Å². The second-order valence-corrected chi connectivity index (χ2v) is 6.02. The summed E-state index contributed by atoms with van der Waals surface area (Å²) in [6, 6.07) is 3.83. The van der Waals surface area contributed by atoms with Crippen LogP contribution >= 0.6 is 0 Å². The third-order valence-electron chi connectivity index (χ3n) is 3.13. The molecule has 1 aromatic carbocycles. The minimum absolute atomic E-state index is 0.0272. The highest BCUT2D eigenvalue weighted by molar-refractivity contribution is 7.86. The molecule has 0 radical (unpaired) electrons. The van der Waals surface area contributed by atoms with E-state index in [2.05, 4.69) is 0 Å². The third-order valence-corrected chi connectivity index (χ3v) is 4.22. The Labute approximate surface area is 116 Å². The maximum absolute atomic E-state index is 13.3. The Morgan fingerprint density at radius 2 is 1.80 bits per heavy atom. The highest BCUT2D eigenvalue weighted by atomic mass is 32.2. The van der Waals surface area contributed by atoms with Gasteiger partial charge in [0.1, 0.15) is 5.82 Å². The fraction of sp³-hybridized carbons (Fsp3) is 0.364. The van der Waals surface area contributed by atoms with E-state index in [0.29, 0.717) is 0 Å². The number of hydrogen-bond donors (Lipinski definition) is 2. The number of hydrogen-bond acceptors (Lipinski definition) is 4. The number of nitrogens with zero attached hydrogens (tertiary/aromatic N) is 2. The molecule has 0 spiro atoms. The van der Waals surface area contributed by atoms with Crippen molar-refractivity contribution in [2.45, 2.75) is 0 Å². The van der Waals surface area contributed by atoms with Crippen LogP contribution in [0, 0.1) is 5.82 Å². The molecular formula is C11H15FN4O3S. The zero-order valence-electron chi connectivity index (χ0n) is 10.6. The number of carbonyl (C=O) groups excluding carboxylic acids is 1. The Bertz CT molecular complexity index is 627. The van der Waals surface area contributed by atoms with E-state index in [4.69, 9.17) is 10.9 Å². The molecule has 0 unspecified atom stereocenters. The molecule has 0 atom stereocenters. The first-order chi connectivity index (χ1) is 9.29. The van der Waals surface area contributed by atoms with E-state index < -0.39 is 16.0 Å². The topological polar surface area (TPSA) is 110 Å². The fourth-order valence-corrected chi connectivity index (χ4v) is 2.66. The summed E-state index contributed by atoms with van der Waals surface area (Å²) in [5, 5.41) is 5.01. The van der Waals surface area contributed by atoms with Crippen LogP contribution in [0.15, 0.2) is 18.2 Å². The van der Waals surface area contributed by atoms with Crippen molar-refractivity contribution in [3.63, 3.8) is 0 Å². The van der Waals surface area contributed by atoms with Crippen molar-refractivity contribution in [3.8, 4) is 0 Å². The molecule has 0 bridgehead atoms. The van der Waals surface area contributed by atoms with Crippen LogP contribution in [0.3, 0.4) is 0 Å². The molecule has 9 heteroatoms. The lowest BCUT2D eigenvalue weighted by atomic mass is 10.1. The fourth-order valence-electron chi connectivity index (χ4n) is 1.99. The Morgan fingerprint density at radius 1 is 1.20 bits per heavy atom.